The summed E-state index contributed by atoms with van der Waals surface area (Å²) >= 11 is 0. The molecule has 0 aliphatic heterocycles. The third-order valence-electron chi connectivity index (χ3n) is 21.6. The Bertz CT molecular complexity index is 6720. The molecule has 0 saturated heterocycles. The molecule has 12 nitrogen and oxygen atoms in total. The van der Waals surface area contributed by atoms with Crippen LogP contribution in [0.5, 0.6) is 23.0 Å². The van der Waals surface area contributed by atoms with Crippen LogP contribution < -0.4 is 9.47 Å². The Balaban J connectivity index is 0.000000160. The summed E-state index contributed by atoms with van der Waals surface area (Å²) in [6.07, 6.45) is 7.52. The number of nitrogens with zero attached hydrogens (tertiary/aromatic N) is 10. The van der Waals surface area contributed by atoms with Gasteiger partial charge in [-0.2, -0.15) is 6.07 Å². The van der Waals surface area contributed by atoms with Crippen LogP contribution in [0.15, 0.2) is 280 Å². The number of hydrogen-bond donors (Lipinski definition) is 0. The Morgan fingerprint density at radius 3 is 1.31 bits per heavy atom. The third-order valence-corrected chi connectivity index (χ3v) is 21.6. The molecule has 0 fully saturated rings. The maximum atomic E-state index is 6.78. The zero-order valence-corrected chi connectivity index (χ0v) is 65.4. The SMILES string of the molecule is C.Cc1ccccc1-c1nc2c3[c-]c(Oc4[c-]c5c(cc4)c4ccccc4n5-c4cc(C(C)(C)C)ccn4)ccc3c3cccnc3n2c1-c1ccccc1C.Cc1ccccc1-c1nc2c3cc(Oc4ccc5c6ccccc6n(-c6cc(C(C)(C)C)ccn6)c5c4)ccc3c3cccnc3n2c1-c1ccccc1C.[Pt+2]. The Kier molecular flexibility index (Phi) is 18.1. The maximum absolute atomic E-state index is 6.78. The van der Waals surface area contributed by atoms with Gasteiger partial charge in [0.15, 0.2) is 0 Å². The number of pyridine rings is 6. The number of rotatable bonds is 10. The van der Waals surface area contributed by atoms with E-state index in [0.717, 1.165) is 172 Å². The average Bonchev–Trinajstić information content (AvgIpc) is 1.53. The molecule has 0 saturated carbocycles. The molecule has 0 radical (unpaired) electrons. The van der Waals surface area contributed by atoms with Crippen molar-refractivity contribution in [3.05, 3.63) is 325 Å². The van der Waals surface area contributed by atoms with E-state index in [1.807, 2.05) is 55.1 Å². The van der Waals surface area contributed by atoms with Gasteiger partial charge in [0.2, 0.25) is 0 Å². The molecule has 13 heteroatoms. The minimum atomic E-state index is -0.0244. The molecule has 0 spiro atoms. The molecule has 548 valence electrons. The van der Waals surface area contributed by atoms with Crippen LogP contribution in [0.3, 0.4) is 0 Å². The van der Waals surface area contributed by atoms with Crippen molar-refractivity contribution in [1.29, 1.82) is 0 Å². The standard InChI is InChI=1S/C49H39N5O.C49H37N5O.CH4.Pt/c2*1-30-13-6-8-15-35(30)45-46(36-16-9-7-14-31(36)2)54-47-40(18-12-25-51-47)37-22-20-33(28-41(37)48(54)52-45)55-34-21-23-39-38-17-10-11-19-42(38)53(43(39)29-34)44-27-32(24-26-50-44)49(3,4)5;;/h6-29H,1-5H3;6-27H,1-5H3;1H4;/q;-2;;+2. The van der Waals surface area contributed by atoms with Crippen molar-refractivity contribution in [2.75, 3.05) is 0 Å². The second-order valence-corrected chi connectivity index (χ2v) is 30.7. The first kappa shape index (κ1) is 72.0. The van der Waals surface area contributed by atoms with E-state index in [0.29, 0.717) is 11.5 Å². The van der Waals surface area contributed by atoms with Crippen LogP contribution in [-0.2, 0) is 31.9 Å². The first-order valence-corrected chi connectivity index (χ1v) is 37.4. The minimum absolute atomic E-state index is 0. The smallest absolute Gasteiger partial charge is 0.503 e. The summed E-state index contributed by atoms with van der Waals surface area (Å²) in [6.45, 7) is 22.0. The van der Waals surface area contributed by atoms with E-state index in [-0.39, 0.29) is 39.3 Å². The second-order valence-electron chi connectivity index (χ2n) is 30.7. The summed E-state index contributed by atoms with van der Waals surface area (Å²) in [4.78, 5) is 30.6. The number of imidazole rings is 2. The van der Waals surface area contributed by atoms with Gasteiger partial charge in [-0.3, -0.25) is 14.0 Å². The van der Waals surface area contributed by atoms with Crippen LogP contribution in [0.25, 0.3) is 155 Å². The quantitative estimate of drug-likeness (QED) is 0.0982. The number of para-hydroxylation sites is 2. The van der Waals surface area contributed by atoms with Gasteiger partial charge in [0.1, 0.15) is 40.1 Å². The van der Waals surface area contributed by atoms with Gasteiger partial charge in [-0.05, 0) is 173 Å². The largest absolute Gasteiger partial charge is 2.00 e. The van der Waals surface area contributed by atoms with Gasteiger partial charge in [0, 0.05) is 91.7 Å². The van der Waals surface area contributed by atoms with E-state index in [9.17, 15) is 0 Å². The van der Waals surface area contributed by atoms with Crippen molar-refractivity contribution in [1.82, 2.24) is 47.8 Å². The molecule has 0 atom stereocenters. The summed E-state index contributed by atoms with van der Waals surface area (Å²) < 4.78 is 22.3. The zero-order valence-electron chi connectivity index (χ0n) is 63.2. The molecule has 0 N–H and O–H groups in total. The van der Waals surface area contributed by atoms with Gasteiger partial charge >= 0.3 is 21.1 Å². The molecular formula is C99H80N10O2Pt. The zero-order chi connectivity index (χ0) is 74.8. The van der Waals surface area contributed by atoms with E-state index >= 15 is 0 Å². The number of ether oxygens (including phenoxy) is 2. The van der Waals surface area contributed by atoms with Gasteiger partial charge in [-0.15, -0.1) is 29.7 Å². The molecule has 10 aromatic heterocycles. The number of aryl methyl sites for hydroxylation is 4. The number of fused-ring (bicyclic) bond motifs is 18. The number of hydrogen-bond acceptors (Lipinski definition) is 8. The fourth-order valence-corrected chi connectivity index (χ4v) is 16.0. The van der Waals surface area contributed by atoms with Crippen molar-refractivity contribution >= 4 is 98.5 Å². The van der Waals surface area contributed by atoms with Crippen LogP contribution in [0.2, 0.25) is 0 Å². The van der Waals surface area contributed by atoms with Crippen LogP contribution >= 0.6 is 0 Å². The van der Waals surface area contributed by atoms with Gasteiger partial charge in [-0.25, -0.2) is 24.9 Å². The van der Waals surface area contributed by atoms with Crippen LogP contribution in [0.4, 0.5) is 0 Å². The average molecular weight is 1640 g/mol. The van der Waals surface area contributed by atoms with Crippen molar-refractivity contribution in [3.63, 3.8) is 0 Å². The second kappa shape index (κ2) is 28.2. The molecule has 10 aromatic carbocycles. The van der Waals surface area contributed by atoms with E-state index in [1.165, 1.54) is 27.6 Å². The summed E-state index contributed by atoms with van der Waals surface area (Å²) in [7, 11) is 0. The van der Waals surface area contributed by atoms with E-state index in [2.05, 4.69) is 324 Å². The van der Waals surface area contributed by atoms with Gasteiger partial charge in [-0.1, -0.05) is 211 Å². The normalized spacial score (nSPS) is 11.9. The van der Waals surface area contributed by atoms with Gasteiger partial charge in [0.25, 0.3) is 0 Å². The first-order chi connectivity index (χ1) is 53.5. The Morgan fingerprint density at radius 1 is 0.321 bits per heavy atom. The minimum Gasteiger partial charge on any atom is -0.503 e. The molecule has 112 heavy (non-hydrogen) atoms. The summed E-state index contributed by atoms with van der Waals surface area (Å²) in [6, 6.07) is 95.8. The molecule has 10 heterocycles. The predicted molar refractivity (Wildman–Crippen MR) is 456 cm³/mol. The number of benzene rings is 10. The molecule has 20 aromatic rings. The van der Waals surface area contributed by atoms with E-state index < -0.39 is 0 Å². The van der Waals surface area contributed by atoms with Crippen LogP contribution in [0, 0.1) is 39.8 Å². The molecule has 20 rings (SSSR count). The van der Waals surface area contributed by atoms with Crippen LogP contribution in [-0.4, -0.2) is 47.8 Å². The van der Waals surface area contributed by atoms with Crippen molar-refractivity contribution in [3.8, 4) is 79.7 Å². The van der Waals surface area contributed by atoms with E-state index in [1.54, 1.807) is 0 Å². The van der Waals surface area contributed by atoms with Crippen LogP contribution in [0.1, 0.15) is 82.3 Å². The fraction of sp³-hybridized carbons (Fsp3) is 0.131. The maximum Gasteiger partial charge on any atom is 2.00 e. The summed E-state index contributed by atoms with van der Waals surface area (Å²) in [5, 5.41) is 10.5. The first-order valence-electron chi connectivity index (χ1n) is 37.4. The fourth-order valence-electron chi connectivity index (χ4n) is 16.0. The molecule has 0 amide bonds. The summed E-state index contributed by atoms with van der Waals surface area (Å²) in [5.41, 5.74) is 22.8. The van der Waals surface area contributed by atoms with Gasteiger partial charge in [0.05, 0.1) is 39.5 Å². The molecule has 0 bridgehead atoms. The van der Waals surface area contributed by atoms with Crippen molar-refractivity contribution in [2.24, 2.45) is 0 Å². The summed E-state index contributed by atoms with van der Waals surface area (Å²) in [5.74, 6) is 4.36. The topological polar surface area (TPSA) is 114 Å². The molecule has 0 aliphatic rings. The Morgan fingerprint density at radius 2 is 0.750 bits per heavy atom. The van der Waals surface area contributed by atoms with Crippen molar-refractivity contribution < 1.29 is 30.5 Å². The third kappa shape index (κ3) is 12.2. The Labute approximate surface area is 664 Å². The molecule has 0 aliphatic carbocycles. The molecular weight excluding hydrogens is 1560 g/mol. The monoisotopic (exact) mass is 1640 g/mol. The predicted octanol–water partition coefficient (Wildman–Crippen LogP) is 25.4. The van der Waals surface area contributed by atoms with Crippen molar-refractivity contribution in [2.45, 2.75) is 87.5 Å². The molecule has 0 unspecified atom stereocenters. The Hall–Kier alpha value is -12.9. The number of aromatic nitrogens is 10. The van der Waals surface area contributed by atoms with Gasteiger partial charge < -0.3 is 18.4 Å². The van der Waals surface area contributed by atoms with E-state index in [4.69, 9.17) is 39.4 Å².